The molecule has 1 unspecified atom stereocenters. The van der Waals surface area contributed by atoms with Gasteiger partial charge < -0.3 is 10.1 Å². The van der Waals surface area contributed by atoms with Crippen LogP contribution in [0.2, 0.25) is 5.02 Å². The second-order valence-electron chi connectivity index (χ2n) is 6.30. The van der Waals surface area contributed by atoms with Gasteiger partial charge in [-0.3, -0.25) is 0 Å². The van der Waals surface area contributed by atoms with E-state index in [0.717, 1.165) is 41.7 Å². The highest BCUT2D eigenvalue weighted by Gasteiger charge is 2.24. The molecule has 2 aliphatic rings. The summed E-state index contributed by atoms with van der Waals surface area (Å²) in [5.41, 5.74) is 3.44. The molecule has 2 aromatic rings. The number of nitrogens with one attached hydrogen (secondary N) is 1. The van der Waals surface area contributed by atoms with Crippen LogP contribution in [0.25, 0.3) is 0 Å². The van der Waals surface area contributed by atoms with Crippen molar-refractivity contribution in [2.45, 2.75) is 31.3 Å². The van der Waals surface area contributed by atoms with Gasteiger partial charge in [-0.25, -0.2) is 9.97 Å². The molecule has 1 saturated heterocycles. The van der Waals surface area contributed by atoms with Crippen LogP contribution in [0.1, 0.15) is 47.4 Å². The van der Waals surface area contributed by atoms with Crippen LogP contribution in [0.4, 0.5) is 0 Å². The number of benzene rings is 1. The average molecular weight is 330 g/mol. The fourth-order valence-electron chi connectivity index (χ4n) is 2.94. The summed E-state index contributed by atoms with van der Waals surface area (Å²) in [7, 11) is 0. The van der Waals surface area contributed by atoms with Gasteiger partial charge >= 0.3 is 0 Å². The zero-order valence-corrected chi connectivity index (χ0v) is 13.7. The summed E-state index contributed by atoms with van der Waals surface area (Å²) in [6, 6.07) is 6.17. The van der Waals surface area contributed by atoms with Gasteiger partial charge in [-0.15, -0.1) is 0 Å². The molecule has 23 heavy (non-hydrogen) atoms. The molecule has 1 aromatic carbocycles. The lowest BCUT2D eigenvalue weighted by molar-refractivity contribution is 0.0277. The SMILES string of the molecule is Clc1cc(C2CNCCO2)ccc1Cc1ncc(C2CC2)cn1. The van der Waals surface area contributed by atoms with Gasteiger partial charge in [0.15, 0.2) is 0 Å². The zero-order chi connectivity index (χ0) is 15.6. The number of nitrogens with zero attached hydrogens (tertiary/aromatic N) is 2. The smallest absolute Gasteiger partial charge is 0.132 e. The predicted octanol–water partition coefficient (Wildman–Crippen LogP) is 3.26. The van der Waals surface area contributed by atoms with E-state index in [9.17, 15) is 0 Å². The first-order valence-electron chi connectivity index (χ1n) is 8.21. The highest BCUT2D eigenvalue weighted by atomic mass is 35.5. The summed E-state index contributed by atoms with van der Waals surface area (Å²) in [5, 5.41) is 4.09. The fraction of sp³-hybridized carbons (Fsp3) is 0.444. The Morgan fingerprint density at radius 2 is 2.00 bits per heavy atom. The third kappa shape index (κ3) is 3.55. The van der Waals surface area contributed by atoms with E-state index >= 15 is 0 Å². The summed E-state index contributed by atoms with van der Waals surface area (Å²) >= 11 is 6.46. The standard InChI is InChI=1S/C18H20ClN3O/c19-16-7-14(17-11-20-5-6-23-17)4-3-13(16)8-18-21-9-15(10-22-18)12-1-2-12/h3-4,7,9-10,12,17,20H,1-2,5-6,8,11H2. The third-order valence-corrected chi connectivity index (χ3v) is 4.85. The van der Waals surface area contributed by atoms with Crippen molar-refractivity contribution in [1.82, 2.24) is 15.3 Å². The van der Waals surface area contributed by atoms with Gasteiger partial charge in [-0.05, 0) is 41.5 Å². The van der Waals surface area contributed by atoms with Crippen molar-refractivity contribution in [3.05, 3.63) is 58.1 Å². The lowest BCUT2D eigenvalue weighted by Crippen LogP contribution is -2.33. The first kappa shape index (κ1) is 15.1. The molecule has 4 nitrogen and oxygen atoms in total. The van der Waals surface area contributed by atoms with Crippen LogP contribution in [-0.2, 0) is 11.2 Å². The van der Waals surface area contributed by atoms with Crippen molar-refractivity contribution in [1.29, 1.82) is 0 Å². The largest absolute Gasteiger partial charge is 0.371 e. The van der Waals surface area contributed by atoms with Gasteiger partial charge in [0, 0.05) is 36.9 Å². The number of hydrogen-bond donors (Lipinski definition) is 1. The van der Waals surface area contributed by atoms with Crippen LogP contribution >= 0.6 is 11.6 Å². The molecule has 0 spiro atoms. The molecule has 5 heteroatoms. The van der Waals surface area contributed by atoms with E-state index in [4.69, 9.17) is 16.3 Å². The minimum absolute atomic E-state index is 0.0874. The summed E-state index contributed by atoms with van der Waals surface area (Å²) in [6.07, 6.45) is 7.22. The molecule has 0 bridgehead atoms. The third-order valence-electron chi connectivity index (χ3n) is 4.50. The van der Waals surface area contributed by atoms with E-state index in [1.54, 1.807) is 0 Å². The van der Waals surface area contributed by atoms with E-state index < -0.39 is 0 Å². The Morgan fingerprint density at radius 3 is 2.65 bits per heavy atom. The highest BCUT2D eigenvalue weighted by molar-refractivity contribution is 6.31. The van der Waals surface area contributed by atoms with Crippen molar-refractivity contribution < 1.29 is 4.74 Å². The Kier molecular flexibility index (Phi) is 4.29. The van der Waals surface area contributed by atoms with E-state index in [-0.39, 0.29) is 6.10 Å². The van der Waals surface area contributed by atoms with Gasteiger partial charge in [0.05, 0.1) is 12.7 Å². The normalized spacial score (nSPS) is 21.3. The molecule has 1 aromatic heterocycles. The second kappa shape index (κ2) is 6.56. The Labute approximate surface area is 141 Å². The Hall–Kier alpha value is -1.49. The molecular weight excluding hydrogens is 310 g/mol. The molecule has 1 saturated carbocycles. The number of morpholine rings is 1. The fourth-order valence-corrected chi connectivity index (χ4v) is 3.20. The quantitative estimate of drug-likeness (QED) is 0.935. The minimum atomic E-state index is 0.0874. The first-order chi connectivity index (χ1) is 11.3. The molecular formula is C18H20ClN3O. The van der Waals surface area contributed by atoms with Crippen molar-refractivity contribution in [2.24, 2.45) is 0 Å². The van der Waals surface area contributed by atoms with Crippen molar-refractivity contribution >= 4 is 11.6 Å². The Balaban J connectivity index is 1.47. The maximum Gasteiger partial charge on any atom is 0.132 e. The van der Waals surface area contributed by atoms with E-state index in [2.05, 4.69) is 27.4 Å². The van der Waals surface area contributed by atoms with Gasteiger partial charge in [0.25, 0.3) is 0 Å². The van der Waals surface area contributed by atoms with E-state index in [1.807, 2.05) is 18.5 Å². The second-order valence-corrected chi connectivity index (χ2v) is 6.71. The molecule has 1 aliphatic carbocycles. The molecule has 2 fully saturated rings. The highest BCUT2D eigenvalue weighted by Crippen LogP contribution is 2.39. The van der Waals surface area contributed by atoms with Crippen molar-refractivity contribution in [3.63, 3.8) is 0 Å². The monoisotopic (exact) mass is 329 g/mol. The molecule has 1 N–H and O–H groups in total. The summed E-state index contributed by atoms with van der Waals surface area (Å²) in [4.78, 5) is 8.97. The summed E-state index contributed by atoms with van der Waals surface area (Å²) in [5.74, 6) is 1.51. The van der Waals surface area contributed by atoms with Crippen LogP contribution in [0.15, 0.2) is 30.6 Å². The summed E-state index contributed by atoms with van der Waals surface area (Å²) < 4.78 is 5.77. The van der Waals surface area contributed by atoms with Gasteiger partial charge in [0.2, 0.25) is 0 Å². The maximum atomic E-state index is 6.46. The van der Waals surface area contributed by atoms with E-state index in [1.165, 1.54) is 18.4 Å². The zero-order valence-electron chi connectivity index (χ0n) is 13.0. The number of rotatable bonds is 4. The Morgan fingerprint density at radius 1 is 1.17 bits per heavy atom. The molecule has 4 rings (SSSR count). The van der Waals surface area contributed by atoms with Crippen molar-refractivity contribution in [3.8, 4) is 0 Å². The predicted molar refractivity (Wildman–Crippen MR) is 89.8 cm³/mol. The van der Waals surface area contributed by atoms with Crippen LogP contribution < -0.4 is 5.32 Å². The lowest BCUT2D eigenvalue weighted by Gasteiger charge is -2.24. The van der Waals surface area contributed by atoms with Crippen LogP contribution in [0.3, 0.4) is 0 Å². The molecule has 0 radical (unpaired) electrons. The van der Waals surface area contributed by atoms with Gasteiger partial charge in [-0.2, -0.15) is 0 Å². The molecule has 120 valence electrons. The van der Waals surface area contributed by atoms with Gasteiger partial charge in [-0.1, -0.05) is 23.7 Å². The summed E-state index contributed by atoms with van der Waals surface area (Å²) in [6.45, 7) is 2.49. The van der Waals surface area contributed by atoms with Crippen LogP contribution in [-0.4, -0.2) is 29.7 Å². The van der Waals surface area contributed by atoms with E-state index in [0.29, 0.717) is 12.3 Å². The average Bonchev–Trinajstić information content (AvgIpc) is 3.43. The van der Waals surface area contributed by atoms with Crippen LogP contribution in [0, 0.1) is 0 Å². The molecule has 2 heterocycles. The number of aromatic nitrogens is 2. The molecule has 0 amide bonds. The topological polar surface area (TPSA) is 47.0 Å². The first-order valence-corrected chi connectivity index (χ1v) is 8.59. The number of halogens is 1. The van der Waals surface area contributed by atoms with Crippen molar-refractivity contribution in [2.75, 3.05) is 19.7 Å². The maximum absolute atomic E-state index is 6.46. The lowest BCUT2D eigenvalue weighted by atomic mass is 10.0. The minimum Gasteiger partial charge on any atom is -0.371 e. The molecule has 1 atom stereocenters. The number of ether oxygens (including phenoxy) is 1. The molecule has 1 aliphatic heterocycles. The number of hydrogen-bond acceptors (Lipinski definition) is 4. The Bertz CT molecular complexity index is 679. The van der Waals surface area contributed by atoms with Crippen LogP contribution in [0.5, 0.6) is 0 Å². The van der Waals surface area contributed by atoms with Gasteiger partial charge in [0.1, 0.15) is 5.82 Å².